The molecule has 0 spiro atoms. The zero-order chi connectivity index (χ0) is 13.3. The van der Waals surface area contributed by atoms with E-state index in [1.165, 1.54) is 83.7 Å². The summed E-state index contributed by atoms with van der Waals surface area (Å²) in [4.78, 5) is 0. The van der Waals surface area contributed by atoms with Gasteiger partial charge in [-0.1, -0.05) is 45.4 Å². The summed E-state index contributed by atoms with van der Waals surface area (Å²) in [7, 11) is 0. The van der Waals surface area contributed by atoms with Crippen LogP contribution in [0.2, 0.25) is 0 Å². The molecule has 0 radical (unpaired) electrons. The fourth-order valence-electron chi connectivity index (χ4n) is 3.99. The van der Waals surface area contributed by atoms with E-state index in [2.05, 4.69) is 17.6 Å². The summed E-state index contributed by atoms with van der Waals surface area (Å²) in [6.07, 6.45) is 15.6. The monoisotopic (exact) mass is 266 g/mol. The normalized spacial score (nSPS) is 31.1. The molecule has 2 heteroatoms. The predicted octanol–water partition coefficient (Wildman–Crippen LogP) is 3.86. The van der Waals surface area contributed by atoms with Crippen LogP contribution < -0.4 is 10.6 Å². The molecule has 2 rings (SSSR count). The van der Waals surface area contributed by atoms with Crippen molar-refractivity contribution < 1.29 is 0 Å². The van der Waals surface area contributed by atoms with Crippen molar-refractivity contribution in [2.45, 2.75) is 89.6 Å². The summed E-state index contributed by atoms with van der Waals surface area (Å²) in [5.41, 5.74) is 0. The fourth-order valence-corrected chi connectivity index (χ4v) is 3.99. The fraction of sp³-hybridized carbons (Fsp3) is 1.00. The quantitative estimate of drug-likeness (QED) is 0.619. The van der Waals surface area contributed by atoms with E-state index in [0.717, 1.165) is 18.0 Å². The number of rotatable bonds is 9. The van der Waals surface area contributed by atoms with Crippen molar-refractivity contribution in [3.63, 3.8) is 0 Å². The second-order valence-electron chi connectivity index (χ2n) is 6.63. The summed E-state index contributed by atoms with van der Waals surface area (Å²) >= 11 is 0. The molecule has 1 aliphatic carbocycles. The molecule has 0 aromatic rings. The zero-order valence-corrected chi connectivity index (χ0v) is 12.9. The highest BCUT2D eigenvalue weighted by molar-refractivity contribution is 4.93. The standard InChI is InChI=1S/C17H34N2/c1-2-3-4-5-6-7-13-18-16-11-8-10-15(16)17-12-9-14-19-17/h15-19H,2-14H2,1H3. The zero-order valence-electron chi connectivity index (χ0n) is 12.9. The van der Waals surface area contributed by atoms with Gasteiger partial charge in [0.25, 0.3) is 0 Å². The first-order chi connectivity index (χ1) is 9.42. The van der Waals surface area contributed by atoms with Crippen molar-refractivity contribution in [3.05, 3.63) is 0 Å². The minimum atomic E-state index is 0.811. The van der Waals surface area contributed by atoms with Crippen molar-refractivity contribution in [1.82, 2.24) is 10.6 Å². The molecule has 2 fully saturated rings. The third-order valence-electron chi connectivity index (χ3n) is 5.12. The second kappa shape index (κ2) is 8.97. The van der Waals surface area contributed by atoms with Crippen LogP contribution in [0.15, 0.2) is 0 Å². The molecule has 0 bridgehead atoms. The Hall–Kier alpha value is -0.0800. The second-order valence-corrected chi connectivity index (χ2v) is 6.63. The van der Waals surface area contributed by atoms with Crippen molar-refractivity contribution in [1.29, 1.82) is 0 Å². The minimum Gasteiger partial charge on any atom is -0.314 e. The van der Waals surface area contributed by atoms with E-state index in [9.17, 15) is 0 Å². The van der Waals surface area contributed by atoms with Gasteiger partial charge in [-0.15, -0.1) is 0 Å². The lowest BCUT2D eigenvalue weighted by molar-refractivity contribution is 0.319. The van der Waals surface area contributed by atoms with Crippen LogP contribution in [0.4, 0.5) is 0 Å². The van der Waals surface area contributed by atoms with Gasteiger partial charge >= 0.3 is 0 Å². The molecule has 1 saturated heterocycles. The Morgan fingerprint density at radius 3 is 2.58 bits per heavy atom. The highest BCUT2D eigenvalue weighted by atomic mass is 15.0. The van der Waals surface area contributed by atoms with E-state index in [1.807, 2.05) is 0 Å². The Kier molecular flexibility index (Phi) is 7.23. The summed E-state index contributed by atoms with van der Waals surface area (Å²) in [5, 5.41) is 7.57. The maximum Gasteiger partial charge on any atom is 0.0111 e. The van der Waals surface area contributed by atoms with Crippen LogP contribution >= 0.6 is 0 Å². The van der Waals surface area contributed by atoms with Crippen molar-refractivity contribution >= 4 is 0 Å². The van der Waals surface area contributed by atoms with Crippen molar-refractivity contribution in [2.24, 2.45) is 5.92 Å². The summed E-state index contributed by atoms with van der Waals surface area (Å²) in [5.74, 6) is 0.919. The molecule has 2 N–H and O–H groups in total. The molecule has 1 aliphatic heterocycles. The lowest BCUT2D eigenvalue weighted by Crippen LogP contribution is -2.42. The Morgan fingerprint density at radius 2 is 1.79 bits per heavy atom. The molecule has 19 heavy (non-hydrogen) atoms. The average molecular weight is 266 g/mol. The SMILES string of the molecule is CCCCCCCCNC1CCCC1C1CCCN1. The van der Waals surface area contributed by atoms with Crippen LogP contribution in [0.5, 0.6) is 0 Å². The van der Waals surface area contributed by atoms with E-state index in [4.69, 9.17) is 0 Å². The van der Waals surface area contributed by atoms with Crippen LogP contribution in [0.3, 0.4) is 0 Å². The molecule has 112 valence electrons. The molecule has 2 nitrogen and oxygen atoms in total. The van der Waals surface area contributed by atoms with Gasteiger partial charge in [0.05, 0.1) is 0 Å². The van der Waals surface area contributed by atoms with Gasteiger partial charge in [0.2, 0.25) is 0 Å². The third-order valence-corrected chi connectivity index (χ3v) is 5.12. The van der Waals surface area contributed by atoms with E-state index >= 15 is 0 Å². The largest absolute Gasteiger partial charge is 0.314 e. The van der Waals surface area contributed by atoms with E-state index < -0.39 is 0 Å². The number of hydrogen-bond donors (Lipinski definition) is 2. The third kappa shape index (κ3) is 5.07. The van der Waals surface area contributed by atoms with Crippen molar-refractivity contribution in [2.75, 3.05) is 13.1 Å². The number of hydrogen-bond acceptors (Lipinski definition) is 2. The predicted molar refractivity (Wildman–Crippen MR) is 83.5 cm³/mol. The van der Waals surface area contributed by atoms with Gasteiger partial charge in [-0.2, -0.15) is 0 Å². The Bertz CT molecular complexity index is 223. The molecule has 2 aliphatic rings. The van der Waals surface area contributed by atoms with Gasteiger partial charge < -0.3 is 10.6 Å². The topological polar surface area (TPSA) is 24.1 Å². The van der Waals surface area contributed by atoms with Crippen molar-refractivity contribution in [3.8, 4) is 0 Å². The van der Waals surface area contributed by atoms with E-state index in [1.54, 1.807) is 0 Å². The maximum absolute atomic E-state index is 3.86. The van der Waals surface area contributed by atoms with Gasteiger partial charge in [-0.05, 0) is 51.1 Å². The van der Waals surface area contributed by atoms with Gasteiger partial charge in [-0.25, -0.2) is 0 Å². The molecule has 1 saturated carbocycles. The Labute approximate surface area is 120 Å². The van der Waals surface area contributed by atoms with Crippen LogP contribution in [0.25, 0.3) is 0 Å². The van der Waals surface area contributed by atoms with Gasteiger partial charge in [0.1, 0.15) is 0 Å². The molecule has 1 heterocycles. The first-order valence-corrected chi connectivity index (χ1v) is 8.88. The molecule has 3 atom stereocenters. The first kappa shape index (κ1) is 15.3. The van der Waals surface area contributed by atoms with Crippen LogP contribution in [0, 0.1) is 5.92 Å². The molecular weight excluding hydrogens is 232 g/mol. The van der Waals surface area contributed by atoms with E-state index in [-0.39, 0.29) is 0 Å². The minimum absolute atomic E-state index is 0.811. The Balaban J connectivity index is 1.54. The lowest BCUT2D eigenvalue weighted by atomic mass is 9.93. The summed E-state index contributed by atoms with van der Waals surface area (Å²) in [6, 6.07) is 1.63. The van der Waals surface area contributed by atoms with Crippen LogP contribution in [-0.2, 0) is 0 Å². The van der Waals surface area contributed by atoms with Gasteiger partial charge in [0.15, 0.2) is 0 Å². The van der Waals surface area contributed by atoms with E-state index in [0.29, 0.717) is 0 Å². The number of nitrogens with one attached hydrogen (secondary N) is 2. The smallest absolute Gasteiger partial charge is 0.0111 e. The Morgan fingerprint density at radius 1 is 0.947 bits per heavy atom. The molecule has 0 amide bonds. The molecule has 0 aromatic heterocycles. The highest BCUT2D eigenvalue weighted by Crippen LogP contribution is 2.31. The molecule has 0 aromatic carbocycles. The lowest BCUT2D eigenvalue weighted by Gasteiger charge is -2.26. The average Bonchev–Trinajstić information content (AvgIpc) is 3.08. The summed E-state index contributed by atoms with van der Waals surface area (Å²) < 4.78 is 0. The van der Waals surface area contributed by atoms with Gasteiger partial charge in [-0.3, -0.25) is 0 Å². The number of unbranched alkanes of at least 4 members (excludes halogenated alkanes) is 5. The maximum atomic E-state index is 3.86. The summed E-state index contributed by atoms with van der Waals surface area (Å²) in [6.45, 7) is 4.80. The van der Waals surface area contributed by atoms with Gasteiger partial charge in [0, 0.05) is 12.1 Å². The molecule has 3 unspecified atom stereocenters. The highest BCUT2D eigenvalue weighted by Gasteiger charge is 2.34. The van der Waals surface area contributed by atoms with Crippen LogP contribution in [0.1, 0.15) is 77.6 Å². The molecular formula is C17H34N2. The first-order valence-electron chi connectivity index (χ1n) is 8.88. The van der Waals surface area contributed by atoms with Crippen LogP contribution in [-0.4, -0.2) is 25.2 Å².